The van der Waals surface area contributed by atoms with Crippen LogP contribution >= 0.6 is 0 Å². The lowest BCUT2D eigenvalue weighted by molar-refractivity contribution is -0.123. The molecule has 2 aliphatic rings. The van der Waals surface area contributed by atoms with E-state index in [1.54, 1.807) is 24.4 Å². The van der Waals surface area contributed by atoms with Gasteiger partial charge in [0.15, 0.2) is 5.82 Å². The minimum atomic E-state index is -1.17. The number of amides is 2. The molecule has 1 aliphatic carbocycles. The van der Waals surface area contributed by atoms with Crippen LogP contribution in [0.25, 0.3) is 27.7 Å². The van der Waals surface area contributed by atoms with Crippen LogP contribution in [-0.2, 0) is 4.79 Å². The topological polar surface area (TPSA) is 143 Å². The Morgan fingerprint density at radius 1 is 0.978 bits per heavy atom. The molecular weight excluding hydrogens is 584 g/mol. The van der Waals surface area contributed by atoms with E-state index in [1.807, 2.05) is 48.1 Å². The number of fused-ring (bicyclic) bond motifs is 2. The maximum atomic E-state index is 13.9. The minimum absolute atomic E-state index is 0.176. The van der Waals surface area contributed by atoms with Crippen molar-refractivity contribution < 1.29 is 23.9 Å². The molecule has 2 aromatic carbocycles. The van der Waals surface area contributed by atoms with Crippen molar-refractivity contribution in [3.63, 3.8) is 0 Å². The molecule has 4 heterocycles. The van der Waals surface area contributed by atoms with Gasteiger partial charge in [-0.1, -0.05) is 31.4 Å². The van der Waals surface area contributed by atoms with E-state index in [4.69, 9.17) is 9.52 Å². The number of likely N-dealkylation sites (tertiary alicyclic amines) is 1. The molecule has 7 rings (SSSR count). The van der Waals surface area contributed by atoms with Gasteiger partial charge in [-0.05, 0) is 81.3 Å². The zero-order valence-electron chi connectivity index (χ0n) is 25.7. The van der Waals surface area contributed by atoms with Crippen LogP contribution in [0.3, 0.4) is 0 Å². The summed E-state index contributed by atoms with van der Waals surface area (Å²) in [7, 11) is 1.99. The minimum Gasteiger partial charge on any atom is -0.475 e. The number of rotatable bonds is 7. The first-order valence-electron chi connectivity index (χ1n) is 15.8. The van der Waals surface area contributed by atoms with Crippen molar-refractivity contribution in [3.05, 3.63) is 83.9 Å². The number of hydrogen-bond donors (Lipinski definition) is 3. The number of anilines is 1. The molecule has 5 aromatic rings. The molecule has 0 unspecified atom stereocenters. The van der Waals surface area contributed by atoms with Gasteiger partial charge in [-0.15, -0.1) is 0 Å². The molecule has 1 saturated carbocycles. The first-order valence-corrected chi connectivity index (χ1v) is 15.8. The first-order chi connectivity index (χ1) is 22.3. The second kappa shape index (κ2) is 12.1. The summed E-state index contributed by atoms with van der Waals surface area (Å²) < 4.78 is 7.29. The smallest absolute Gasteiger partial charge is 0.371 e. The van der Waals surface area contributed by atoms with E-state index < -0.39 is 11.5 Å². The number of nitrogens with one attached hydrogen (secondary N) is 2. The van der Waals surface area contributed by atoms with Crippen LogP contribution in [0.4, 0.5) is 5.69 Å². The lowest BCUT2D eigenvalue weighted by Crippen LogP contribution is -2.61. The third-order valence-corrected chi connectivity index (χ3v) is 9.44. The van der Waals surface area contributed by atoms with Crippen LogP contribution in [0, 0.1) is 0 Å². The lowest BCUT2D eigenvalue weighted by atomic mass is 9.85. The van der Waals surface area contributed by atoms with Crippen LogP contribution < -0.4 is 10.6 Å². The maximum absolute atomic E-state index is 13.9. The number of aromatic carboxylic acids is 1. The van der Waals surface area contributed by atoms with Crippen molar-refractivity contribution in [1.29, 1.82) is 0 Å². The number of furan rings is 1. The predicted molar refractivity (Wildman–Crippen MR) is 173 cm³/mol. The largest absolute Gasteiger partial charge is 0.475 e. The summed E-state index contributed by atoms with van der Waals surface area (Å²) in [4.78, 5) is 45.8. The molecule has 2 fully saturated rings. The van der Waals surface area contributed by atoms with Crippen molar-refractivity contribution in [2.75, 3.05) is 25.5 Å². The Balaban J connectivity index is 1.18. The fourth-order valence-electron chi connectivity index (χ4n) is 6.85. The van der Waals surface area contributed by atoms with Crippen molar-refractivity contribution in [3.8, 4) is 5.82 Å². The average molecular weight is 621 g/mol. The number of carbonyl (C=O) groups excluding carboxylic acids is 2. The van der Waals surface area contributed by atoms with E-state index in [1.165, 1.54) is 25.3 Å². The van der Waals surface area contributed by atoms with E-state index in [0.717, 1.165) is 35.3 Å². The number of nitrogens with zero attached hydrogens (tertiary/aromatic N) is 4. The molecule has 2 amide bonds. The molecule has 0 atom stereocenters. The van der Waals surface area contributed by atoms with Gasteiger partial charge in [0.05, 0.1) is 11.2 Å². The highest BCUT2D eigenvalue weighted by Crippen LogP contribution is 2.38. The number of carbonyl (C=O) groups is 3. The SMILES string of the molecule is CN1CCC(NC(=O)c2ccc3c(C4CCCCC4)n(-c4ccccn4)nc3c2)(C(=O)Nc2ccc3oc(C(=O)O)cc3c2)CC1. The zero-order valence-corrected chi connectivity index (χ0v) is 25.7. The third kappa shape index (κ3) is 5.62. The molecule has 0 bridgehead atoms. The van der Waals surface area contributed by atoms with E-state index in [2.05, 4.69) is 20.5 Å². The number of piperidine rings is 1. The van der Waals surface area contributed by atoms with Gasteiger partial charge in [-0.25, -0.2) is 14.5 Å². The Morgan fingerprint density at radius 3 is 2.52 bits per heavy atom. The summed E-state index contributed by atoms with van der Waals surface area (Å²) in [6.07, 6.45) is 8.41. The van der Waals surface area contributed by atoms with Crippen molar-refractivity contribution in [2.24, 2.45) is 0 Å². The third-order valence-electron chi connectivity index (χ3n) is 9.44. The maximum Gasteiger partial charge on any atom is 0.371 e. The van der Waals surface area contributed by atoms with Crippen molar-refractivity contribution >= 4 is 45.3 Å². The van der Waals surface area contributed by atoms with Crippen LogP contribution in [0.15, 0.2) is 71.3 Å². The van der Waals surface area contributed by atoms with Crippen LogP contribution in [-0.4, -0.2) is 68.2 Å². The molecule has 11 heteroatoms. The number of pyridine rings is 1. The fraction of sp³-hybridized carbons (Fsp3) is 0.343. The fourth-order valence-corrected chi connectivity index (χ4v) is 6.85. The molecule has 11 nitrogen and oxygen atoms in total. The first kappa shape index (κ1) is 29.7. The molecule has 1 saturated heterocycles. The average Bonchev–Trinajstić information content (AvgIpc) is 3.68. The Hall–Kier alpha value is -5.03. The van der Waals surface area contributed by atoms with E-state index in [9.17, 15) is 19.5 Å². The Labute approximate surface area is 265 Å². The van der Waals surface area contributed by atoms with Crippen molar-refractivity contribution in [1.82, 2.24) is 25.0 Å². The number of hydrogen-bond acceptors (Lipinski definition) is 7. The predicted octanol–water partition coefficient (Wildman–Crippen LogP) is 5.75. The van der Waals surface area contributed by atoms with Gasteiger partial charge < -0.3 is 25.1 Å². The summed E-state index contributed by atoms with van der Waals surface area (Å²) in [5, 5.41) is 21.9. The van der Waals surface area contributed by atoms with E-state index >= 15 is 0 Å². The second-order valence-electron chi connectivity index (χ2n) is 12.5. The van der Waals surface area contributed by atoms with Crippen LogP contribution in [0.1, 0.15) is 77.5 Å². The van der Waals surface area contributed by atoms with Gasteiger partial charge in [0, 0.05) is 47.2 Å². The molecule has 3 N–H and O–H groups in total. The molecule has 1 aliphatic heterocycles. The van der Waals surface area contributed by atoms with E-state index in [0.29, 0.717) is 54.1 Å². The van der Waals surface area contributed by atoms with E-state index in [-0.39, 0.29) is 17.6 Å². The van der Waals surface area contributed by atoms with Gasteiger partial charge in [-0.2, -0.15) is 5.10 Å². The standard InChI is InChI=1S/C35H36N6O5/c1-40-17-14-35(15-18-40,34(45)37-25-11-13-28-24(19-25)21-29(46-28)33(43)44)38-32(42)23-10-12-26-27(20-23)39-41(30-9-5-6-16-36-30)31(26)22-7-3-2-4-8-22/h5-6,9-13,16,19-22H,2-4,7-8,14-15,17-18H2,1H3,(H,37,45)(H,38,42)(H,43,44). The summed E-state index contributed by atoms with van der Waals surface area (Å²) >= 11 is 0. The number of carboxylic acids is 1. The van der Waals surface area contributed by atoms with Gasteiger partial charge in [-0.3, -0.25) is 9.59 Å². The highest BCUT2D eigenvalue weighted by Gasteiger charge is 2.42. The summed E-state index contributed by atoms with van der Waals surface area (Å²) in [5.74, 6) is -0.893. The van der Waals surface area contributed by atoms with Gasteiger partial charge in [0.1, 0.15) is 11.1 Å². The Bertz CT molecular complexity index is 1930. The van der Waals surface area contributed by atoms with Crippen LogP contribution in [0.5, 0.6) is 0 Å². The molecule has 0 spiro atoms. The Morgan fingerprint density at radius 2 is 1.78 bits per heavy atom. The summed E-state index contributed by atoms with van der Waals surface area (Å²) in [5.41, 5.74) is 2.04. The quantitative estimate of drug-likeness (QED) is 0.209. The van der Waals surface area contributed by atoms with Crippen LogP contribution in [0.2, 0.25) is 0 Å². The molecule has 236 valence electrons. The molecular formula is C35H36N6O5. The molecule has 46 heavy (non-hydrogen) atoms. The Kier molecular flexibility index (Phi) is 7.77. The highest BCUT2D eigenvalue weighted by molar-refractivity contribution is 6.05. The van der Waals surface area contributed by atoms with Gasteiger partial charge >= 0.3 is 5.97 Å². The summed E-state index contributed by atoms with van der Waals surface area (Å²) in [6, 6.07) is 17.8. The lowest BCUT2D eigenvalue weighted by Gasteiger charge is -2.40. The second-order valence-corrected chi connectivity index (χ2v) is 12.5. The normalized spacial score (nSPS) is 17.2. The zero-order chi connectivity index (χ0) is 31.8. The van der Waals surface area contributed by atoms with Gasteiger partial charge in [0.25, 0.3) is 5.91 Å². The monoisotopic (exact) mass is 620 g/mol. The molecule has 3 aromatic heterocycles. The van der Waals surface area contributed by atoms with Crippen molar-refractivity contribution in [2.45, 2.75) is 56.4 Å². The number of benzene rings is 2. The number of carboxylic acid groups (broad SMARTS) is 1. The van der Waals surface area contributed by atoms with Gasteiger partial charge in [0.2, 0.25) is 11.7 Å². The summed E-state index contributed by atoms with van der Waals surface area (Å²) in [6.45, 7) is 1.27. The number of aromatic nitrogens is 3. The molecule has 0 radical (unpaired) electrons. The highest BCUT2D eigenvalue weighted by atomic mass is 16.4.